The van der Waals surface area contributed by atoms with Crippen LogP contribution in [-0.2, 0) is 9.63 Å². The van der Waals surface area contributed by atoms with E-state index in [9.17, 15) is 4.79 Å². The largest absolute Gasteiger partial charge is 0.490 e. The SMILES string of the molecule is Nc1nc(/C(C=O)=N/OCCOc2ccc3c(NC4CNC4)nccc3c2)cs1. The van der Waals surface area contributed by atoms with Gasteiger partial charge in [0.05, 0.1) is 6.04 Å². The number of pyridine rings is 1. The van der Waals surface area contributed by atoms with Gasteiger partial charge in [0, 0.05) is 30.1 Å². The number of benzene rings is 1. The van der Waals surface area contributed by atoms with Gasteiger partial charge in [0.2, 0.25) is 0 Å². The molecule has 1 saturated heterocycles. The summed E-state index contributed by atoms with van der Waals surface area (Å²) < 4.78 is 5.73. The quantitative estimate of drug-likeness (QED) is 0.210. The molecule has 3 heterocycles. The molecule has 0 aliphatic carbocycles. The van der Waals surface area contributed by atoms with Crippen LogP contribution in [0.25, 0.3) is 10.8 Å². The van der Waals surface area contributed by atoms with E-state index in [1.807, 2.05) is 24.3 Å². The van der Waals surface area contributed by atoms with Crippen molar-refractivity contribution in [1.82, 2.24) is 15.3 Å². The van der Waals surface area contributed by atoms with Crippen LogP contribution >= 0.6 is 11.3 Å². The number of anilines is 2. The van der Waals surface area contributed by atoms with E-state index in [1.165, 1.54) is 11.3 Å². The number of thiazole rings is 1. The molecule has 1 aromatic carbocycles. The van der Waals surface area contributed by atoms with Crippen molar-refractivity contribution in [2.24, 2.45) is 5.16 Å². The number of carbonyl (C=O) groups is 1. The van der Waals surface area contributed by atoms with E-state index in [2.05, 4.69) is 25.8 Å². The molecule has 1 aliphatic heterocycles. The minimum absolute atomic E-state index is 0.0952. The Morgan fingerprint density at radius 1 is 1.38 bits per heavy atom. The summed E-state index contributed by atoms with van der Waals surface area (Å²) in [6.07, 6.45) is 2.36. The van der Waals surface area contributed by atoms with Crippen LogP contribution in [0.3, 0.4) is 0 Å². The molecule has 0 spiro atoms. The summed E-state index contributed by atoms with van der Waals surface area (Å²) in [5.74, 6) is 1.60. The molecule has 0 saturated carbocycles. The van der Waals surface area contributed by atoms with Crippen molar-refractivity contribution in [3.8, 4) is 5.75 Å². The van der Waals surface area contributed by atoms with Crippen molar-refractivity contribution in [2.75, 3.05) is 37.4 Å². The Morgan fingerprint density at radius 2 is 2.28 bits per heavy atom. The van der Waals surface area contributed by atoms with Crippen molar-refractivity contribution in [1.29, 1.82) is 0 Å². The number of aromatic nitrogens is 2. The third kappa shape index (κ3) is 4.61. The lowest BCUT2D eigenvalue weighted by atomic mass is 10.1. The molecule has 150 valence electrons. The second-order valence-corrected chi connectivity index (χ2v) is 7.28. The van der Waals surface area contributed by atoms with E-state index < -0.39 is 0 Å². The molecule has 2 aromatic heterocycles. The maximum absolute atomic E-state index is 11.1. The van der Waals surface area contributed by atoms with Crippen molar-refractivity contribution in [3.05, 3.63) is 41.5 Å². The lowest BCUT2D eigenvalue weighted by Gasteiger charge is -2.28. The molecule has 1 fully saturated rings. The van der Waals surface area contributed by atoms with Gasteiger partial charge in [-0.3, -0.25) is 4.79 Å². The van der Waals surface area contributed by atoms with Crippen molar-refractivity contribution in [2.45, 2.75) is 6.04 Å². The van der Waals surface area contributed by atoms with E-state index in [0.717, 1.165) is 35.4 Å². The molecule has 4 N–H and O–H groups in total. The van der Waals surface area contributed by atoms with E-state index in [0.29, 0.717) is 23.2 Å². The number of rotatable bonds is 9. The van der Waals surface area contributed by atoms with Gasteiger partial charge in [0.25, 0.3) is 0 Å². The number of nitrogens with two attached hydrogens (primary N) is 1. The van der Waals surface area contributed by atoms with E-state index in [1.54, 1.807) is 11.6 Å². The average Bonchev–Trinajstić information content (AvgIpc) is 3.13. The lowest BCUT2D eigenvalue weighted by molar-refractivity contribution is -0.102. The first-order valence-electron chi connectivity index (χ1n) is 9.08. The van der Waals surface area contributed by atoms with Crippen LogP contribution in [0.1, 0.15) is 5.69 Å². The first-order chi connectivity index (χ1) is 14.2. The van der Waals surface area contributed by atoms with Crippen molar-refractivity contribution < 1.29 is 14.4 Å². The summed E-state index contributed by atoms with van der Waals surface area (Å²) in [5, 5.41) is 14.6. The Bertz CT molecular complexity index is 1030. The first-order valence-corrected chi connectivity index (χ1v) is 9.96. The van der Waals surface area contributed by atoms with Gasteiger partial charge in [-0.25, -0.2) is 9.97 Å². The third-order valence-electron chi connectivity index (χ3n) is 4.36. The van der Waals surface area contributed by atoms with Crippen molar-refractivity contribution in [3.63, 3.8) is 0 Å². The van der Waals surface area contributed by atoms with E-state index >= 15 is 0 Å². The van der Waals surface area contributed by atoms with Crippen LogP contribution in [-0.4, -0.2) is 54.3 Å². The summed E-state index contributed by atoms with van der Waals surface area (Å²) in [5.41, 5.74) is 6.05. The van der Waals surface area contributed by atoms with Gasteiger partial charge in [-0.1, -0.05) is 5.16 Å². The zero-order valence-corrected chi connectivity index (χ0v) is 16.3. The highest BCUT2D eigenvalue weighted by Gasteiger charge is 2.17. The number of fused-ring (bicyclic) bond motifs is 1. The number of nitrogens with zero attached hydrogens (tertiary/aromatic N) is 3. The molecule has 29 heavy (non-hydrogen) atoms. The second-order valence-electron chi connectivity index (χ2n) is 6.39. The van der Waals surface area contributed by atoms with Gasteiger partial charge < -0.3 is 25.9 Å². The summed E-state index contributed by atoms with van der Waals surface area (Å²) in [6.45, 7) is 2.37. The number of nitrogens with one attached hydrogen (secondary N) is 2. The lowest BCUT2D eigenvalue weighted by Crippen LogP contribution is -2.51. The highest BCUT2D eigenvalue weighted by Crippen LogP contribution is 2.26. The molecule has 9 nitrogen and oxygen atoms in total. The highest BCUT2D eigenvalue weighted by atomic mass is 32.1. The normalized spacial score (nSPS) is 14.4. The Morgan fingerprint density at radius 3 is 3.00 bits per heavy atom. The van der Waals surface area contributed by atoms with E-state index in [4.69, 9.17) is 15.3 Å². The number of aldehydes is 1. The Hall–Kier alpha value is -3.24. The number of carbonyl (C=O) groups excluding carboxylic acids is 1. The zero-order chi connectivity index (χ0) is 20.1. The van der Waals surface area contributed by atoms with Crippen LogP contribution in [0.5, 0.6) is 5.75 Å². The fourth-order valence-electron chi connectivity index (χ4n) is 2.79. The van der Waals surface area contributed by atoms with Gasteiger partial charge in [-0.05, 0) is 29.7 Å². The smallest absolute Gasteiger partial charge is 0.180 e. The predicted molar refractivity (Wildman–Crippen MR) is 113 cm³/mol. The molecule has 0 radical (unpaired) electrons. The molecule has 10 heteroatoms. The van der Waals surface area contributed by atoms with Crippen LogP contribution in [0.2, 0.25) is 0 Å². The van der Waals surface area contributed by atoms with Crippen LogP contribution in [0.15, 0.2) is 41.0 Å². The molecular formula is C19H20N6O3S. The Kier molecular flexibility index (Phi) is 5.82. The number of nitrogen functional groups attached to an aromatic ring is 1. The third-order valence-corrected chi connectivity index (χ3v) is 5.03. The first kappa shape index (κ1) is 19.1. The highest BCUT2D eigenvalue weighted by molar-refractivity contribution is 7.13. The fourth-order valence-corrected chi connectivity index (χ4v) is 3.35. The number of hydrogen-bond donors (Lipinski definition) is 3. The molecular weight excluding hydrogens is 392 g/mol. The summed E-state index contributed by atoms with van der Waals surface area (Å²) >= 11 is 1.23. The molecule has 4 rings (SSSR count). The molecule has 0 bridgehead atoms. The summed E-state index contributed by atoms with van der Waals surface area (Å²) in [4.78, 5) is 24.7. The molecule has 0 unspecified atom stereocenters. The van der Waals surface area contributed by atoms with E-state index in [-0.39, 0.29) is 18.9 Å². The molecule has 1 aliphatic rings. The Labute approximate surface area is 170 Å². The van der Waals surface area contributed by atoms with Gasteiger partial charge >= 0.3 is 0 Å². The predicted octanol–water partition coefficient (Wildman–Crippen LogP) is 1.66. The van der Waals surface area contributed by atoms with Crippen LogP contribution in [0.4, 0.5) is 10.9 Å². The Balaban J connectivity index is 1.32. The van der Waals surface area contributed by atoms with Gasteiger partial charge in [-0.2, -0.15) is 0 Å². The fraction of sp³-hybridized carbons (Fsp3) is 0.263. The van der Waals surface area contributed by atoms with Gasteiger partial charge in [-0.15, -0.1) is 11.3 Å². The topological polar surface area (TPSA) is 124 Å². The number of hydrogen-bond acceptors (Lipinski definition) is 10. The molecule has 0 atom stereocenters. The minimum Gasteiger partial charge on any atom is -0.490 e. The van der Waals surface area contributed by atoms with Crippen LogP contribution in [0, 0.1) is 0 Å². The molecule has 3 aromatic rings. The standard InChI is InChI=1S/C19H20N6O3S/c20-19-24-17(11-29-19)16(10-26)25-28-6-5-27-14-1-2-15-12(7-14)3-4-22-18(15)23-13-8-21-9-13/h1-4,7,10-11,13,21H,5-6,8-9H2,(H2,20,24)(H,22,23)/b25-16+. The average molecular weight is 412 g/mol. The summed E-state index contributed by atoms with van der Waals surface area (Å²) in [7, 11) is 0. The zero-order valence-electron chi connectivity index (χ0n) is 15.5. The van der Waals surface area contributed by atoms with Gasteiger partial charge in [0.15, 0.2) is 23.7 Å². The minimum atomic E-state index is 0.0952. The maximum atomic E-state index is 11.1. The maximum Gasteiger partial charge on any atom is 0.180 e. The number of oxime groups is 1. The van der Waals surface area contributed by atoms with Gasteiger partial charge in [0.1, 0.15) is 23.9 Å². The number of ether oxygens (including phenoxy) is 1. The monoisotopic (exact) mass is 412 g/mol. The van der Waals surface area contributed by atoms with Crippen LogP contribution < -0.4 is 21.1 Å². The molecule has 0 amide bonds. The summed E-state index contributed by atoms with van der Waals surface area (Å²) in [6, 6.07) is 8.20. The second kappa shape index (κ2) is 8.84. The van der Waals surface area contributed by atoms with Crippen molar-refractivity contribution >= 4 is 45.1 Å².